The van der Waals surface area contributed by atoms with Gasteiger partial charge in [0.05, 0.1) is 19.2 Å². The molecule has 0 amide bonds. The van der Waals surface area contributed by atoms with E-state index in [2.05, 4.69) is 48.4 Å². The summed E-state index contributed by atoms with van der Waals surface area (Å²) in [6.07, 6.45) is 2.15. The number of hydrogen-bond donors (Lipinski definition) is 2. The molecule has 0 aliphatic carbocycles. The van der Waals surface area contributed by atoms with Crippen molar-refractivity contribution in [2.45, 2.75) is 39.7 Å². The number of benzene rings is 1. The largest absolute Gasteiger partial charge is 0.493 e. The topological polar surface area (TPSA) is 48.9 Å². The molecule has 134 valence electrons. The molecule has 0 fully saturated rings. The van der Waals surface area contributed by atoms with Crippen LogP contribution in [0.25, 0.3) is 0 Å². The molecule has 1 aromatic carbocycles. The number of rotatable bonds is 8. The van der Waals surface area contributed by atoms with Crippen LogP contribution in [0.2, 0.25) is 0 Å². The van der Waals surface area contributed by atoms with E-state index in [1.165, 1.54) is 12.0 Å². The van der Waals surface area contributed by atoms with E-state index in [9.17, 15) is 0 Å². The minimum atomic E-state index is 0.255. The normalized spacial score (nSPS) is 17.3. The van der Waals surface area contributed by atoms with Crippen molar-refractivity contribution in [2.75, 3.05) is 39.3 Å². The van der Waals surface area contributed by atoms with E-state index in [0.29, 0.717) is 0 Å². The first-order chi connectivity index (χ1) is 11.8. The number of fused-ring (bicyclic) bond motifs is 1. The molecule has 0 saturated heterocycles. The molecule has 1 aliphatic rings. The number of hydrogen-bond acceptors (Lipinski definition) is 3. The van der Waals surface area contributed by atoms with E-state index in [1.807, 2.05) is 12.1 Å². The molecule has 0 bridgehead atoms. The highest BCUT2D eigenvalue weighted by Crippen LogP contribution is 2.31. The maximum absolute atomic E-state index is 5.74. The third kappa shape index (κ3) is 5.41. The SMILES string of the molecule is CCCN(CC)CCN=C(NCC)NC1CCOc2ccccc21. The number of nitrogens with one attached hydrogen (secondary N) is 2. The Morgan fingerprint density at radius 2 is 2.08 bits per heavy atom. The number of ether oxygens (including phenoxy) is 1. The third-order valence-corrected chi connectivity index (χ3v) is 4.29. The van der Waals surface area contributed by atoms with Crippen molar-refractivity contribution in [2.24, 2.45) is 4.99 Å². The fourth-order valence-corrected chi connectivity index (χ4v) is 3.02. The molecule has 0 aromatic heterocycles. The van der Waals surface area contributed by atoms with Crippen LogP contribution < -0.4 is 15.4 Å². The van der Waals surface area contributed by atoms with Crippen LogP contribution in [0.4, 0.5) is 0 Å². The van der Waals surface area contributed by atoms with Gasteiger partial charge in [-0.15, -0.1) is 0 Å². The molecule has 5 nitrogen and oxygen atoms in total. The summed E-state index contributed by atoms with van der Waals surface area (Å²) in [6, 6.07) is 8.52. The highest BCUT2D eigenvalue weighted by atomic mass is 16.5. The molecule has 2 rings (SSSR count). The van der Waals surface area contributed by atoms with Gasteiger partial charge in [0, 0.05) is 25.1 Å². The van der Waals surface area contributed by atoms with E-state index >= 15 is 0 Å². The van der Waals surface area contributed by atoms with Gasteiger partial charge in [0.25, 0.3) is 0 Å². The average molecular weight is 332 g/mol. The van der Waals surface area contributed by atoms with Crippen molar-refractivity contribution in [3.63, 3.8) is 0 Å². The Balaban J connectivity index is 1.97. The van der Waals surface area contributed by atoms with E-state index in [1.54, 1.807) is 0 Å². The second-order valence-electron chi connectivity index (χ2n) is 6.07. The second-order valence-corrected chi connectivity index (χ2v) is 6.07. The quantitative estimate of drug-likeness (QED) is 0.568. The lowest BCUT2D eigenvalue weighted by Crippen LogP contribution is -2.41. The van der Waals surface area contributed by atoms with Crippen LogP contribution in [0.1, 0.15) is 45.2 Å². The van der Waals surface area contributed by atoms with E-state index in [4.69, 9.17) is 9.73 Å². The van der Waals surface area contributed by atoms with Gasteiger partial charge in [-0.25, -0.2) is 0 Å². The third-order valence-electron chi connectivity index (χ3n) is 4.29. The molecule has 0 radical (unpaired) electrons. The Hall–Kier alpha value is -1.75. The summed E-state index contributed by atoms with van der Waals surface area (Å²) in [4.78, 5) is 7.20. The predicted molar refractivity (Wildman–Crippen MR) is 101 cm³/mol. The standard InChI is InChI=1S/C19H32N4O/c1-4-13-23(6-3)14-12-21-19(20-5-2)22-17-11-15-24-18-10-8-7-9-16(17)18/h7-10,17H,4-6,11-15H2,1-3H3,(H2,20,21,22). The molecule has 1 aliphatic heterocycles. The molecular weight excluding hydrogens is 300 g/mol. The lowest BCUT2D eigenvalue weighted by Gasteiger charge is -2.28. The van der Waals surface area contributed by atoms with Crippen LogP contribution in [-0.2, 0) is 0 Å². The highest BCUT2D eigenvalue weighted by molar-refractivity contribution is 5.80. The minimum Gasteiger partial charge on any atom is -0.493 e. The highest BCUT2D eigenvalue weighted by Gasteiger charge is 2.21. The zero-order chi connectivity index (χ0) is 17.2. The Morgan fingerprint density at radius 1 is 1.25 bits per heavy atom. The van der Waals surface area contributed by atoms with Gasteiger partial charge in [-0.2, -0.15) is 0 Å². The molecule has 5 heteroatoms. The van der Waals surface area contributed by atoms with Gasteiger partial charge >= 0.3 is 0 Å². The van der Waals surface area contributed by atoms with Crippen LogP contribution in [0.5, 0.6) is 5.75 Å². The van der Waals surface area contributed by atoms with Crippen LogP contribution in [0.15, 0.2) is 29.3 Å². The van der Waals surface area contributed by atoms with Crippen molar-refractivity contribution in [3.05, 3.63) is 29.8 Å². The van der Waals surface area contributed by atoms with E-state index in [-0.39, 0.29) is 6.04 Å². The summed E-state index contributed by atoms with van der Waals surface area (Å²) < 4.78 is 5.74. The first-order valence-corrected chi connectivity index (χ1v) is 9.27. The molecule has 1 unspecified atom stereocenters. The molecule has 0 saturated carbocycles. The zero-order valence-electron chi connectivity index (χ0n) is 15.3. The molecule has 1 atom stereocenters. The summed E-state index contributed by atoms with van der Waals surface area (Å²) >= 11 is 0. The Morgan fingerprint density at radius 3 is 2.83 bits per heavy atom. The molecule has 2 N–H and O–H groups in total. The van der Waals surface area contributed by atoms with Crippen molar-refractivity contribution in [1.82, 2.24) is 15.5 Å². The van der Waals surface area contributed by atoms with Crippen molar-refractivity contribution in [3.8, 4) is 5.75 Å². The average Bonchev–Trinajstić information content (AvgIpc) is 2.61. The van der Waals surface area contributed by atoms with Gasteiger partial charge < -0.3 is 20.3 Å². The molecule has 1 aromatic rings. The predicted octanol–water partition coefficient (Wildman–Crippen LogP) is 2.80. The first-order valence-electron chi connectivity index (χ1n) is 9.27. The number of guanidine groups is 1. The summed E-state index contributed by atoms with van der Waals surface area (Å²) in [6.45, 7) is 12.2. The fraction of sp³-hybridized carbons (Fsp3) is 0.632. The van der Waals surface area contributed by atoms with Gasteiger partial charge in [0.15, 0.2) is 5.96 Å². The van der Waals surface area contributed by atoms with Gasteiger partial charge in [0.2, 0.25) is 0 Å². The molecular formula is C19H32N4O. The Bertz CT molecular complexity index is 518. The Labute approximate surface area is 146 Å². The number of para-hydroxylation sites is 1. The summed E-state index contributed by atoms with van der Waals surface area (Å²) in [5.41, 5.74) is 1.22. The monoisotopic (exact) mass is 332 g/mol. The van der Waals surface area contributed by atoms with Crippen LogP contribution in [-0.4, -0.2) is 50.2 Å². The molecule has 1 heterocycles. The van der Waals surface area contributed by atoms with Crippen LogP contribution >= 0.6 is 0 Å². The smallest absolute Gasteiger partial charge is 0.191 e. The van der Waals surface area contributed by atoms with E-state index in [0.717, 1.165) is 57.5 Å². The minimum absolute atomic E-state index is 0.255. The lowest BCUT2D eigenvalue weighted by atomic mass is 10.0. The molecule has 24 heavy (non-hydrogen) atoms. The fourth-order valence-electron chi connectivity index (χ4n) is 3.02. The van der Waals surface area contributed by atoms with E-state index < -0.39 is 0 Å². The van der Waals surface area contributed by atoms with Crippen molar-refractivity contribution < 1.29 is 4.74 Å². The van der Waals surface area contributed by atoms with Gasteiger partial charge in [-0.05, 0) is 32.5 Å². The van der Waals surface area contributed by atoms with Gasteiger partial charge in [-0.3, -0.25) is 4.99 Å². The van der Waals surface area contributed by atoms with Crippen LogP contribution in [0.3, 0.4) is 0 Å². The maximum atomic E-state index is 5.74. The zero-order valence-corrected chi connectivity index (χ0v) is 15.3. The maximum Gasteiger partial charge on any atom is 0.191 e. The van der Waals surface area contributed by atoms with Crippen LogP contribution in [0, 0.1) is 0 Å². The lowest BCUT2D eigenvalue weighted by molar-refractivity contribution is 0.261. The second kappa shape index (κ2) is 10.2. The van der Waals surface area contributed by atoms with Gasteiger partial charge in [0.1, 0.15) is 5.75 Å². The number of aliphatic imine (C=N–C) groups is 1. The number of likely N-dealkylation sites (N-methyl/N-ethyl adjacent to an activating group) is 1. The summed E-state index contributed by atoms with van der Waals surface area (Å²) in [5, 5.41) is 6.94. The van der Waals surface area contributed by atoms with Crippen molar-refractivity contribution >= 4 is 5.96 Å². The Kier molecular flexibility index (Phi) is 7.89. The first kappa shape index (κ1) is 18.6. The summed E-state index contributed by atoms with van der Waals surface area (Å²) in [5.74, 6) is 1.88. The molecule has 0 spiro atoms. The summed E-state index contributed by atoms with van der Waals surface area (Å²) in [7, 11) is 0. The van der Waals surface area contributed by atoms with Gasteiger partial charge in [-0.1, -0.05) is 32.0 Å². The number of nitrogens with zero attached hydrogens (tertiary/aromatic N) is 2. The van der Waals surface area contributed by atoms with Crippen molar-refractivity contribution in [1.29, 1.82) is 0 Å².